The molecule has 0 radical (unpaired) electrons. The third kappa shape index (κ3) is 7.67. The summed E-state index contributed by atoms with van der Waals surface area (Å²) in [6.07, 6.45) is 2.88. The maximum absolute atomic E-state index is 12.9. The van der Waals surface area contributed by atoms with Gasteiger partial charge in [-0.25, -0.2) is 9.48 Å². The van der Waals surface area contributed by atoms with Crippen molar-refractivity contribution in [3.05, 3.63) is 84.8 Å². The van der Waals surface area contributed by atoms with E-state index >= 15 is 0 Å². The molecule has 2 aromatic carbocycles. The van der Waals surface area contributed by atoms with Gasteiger partial charge in [0.15, 0.2) is 0 Å². The quantitative estimate of drug-likeness (QED) is 0.209. The smallest absolute Gasteiger partial charge is 0.324 e. The highest BCUT2D eigenvalue weighted by molar-refractivity contribution is 5.99. The Morgan fingerprint density at radius 3 is 2.23 bits per heavy atom. The summed E-state index contributed by atoms with van der Waals surface area (Å²) in [4.78, 5) is 39.8. The van der Waals surface area contributed by atoms with E-state index in [2.05, 4.69) is 20.9 Å². The number of hydrogen-bond donors (Lipinski definition) is 4. The maximum atomic E-state index is 12.9. The SMILES string of the molecule is CC(C)(C)c1cc(NC(=O)Nc2ccc(Oc3ccncc3)cc2)n(-c2cccc(NC(=O)CCC(=O)O)c2)n1. The van der Waals surface area contributed by atoms with Crippen molar-refractivity contribution in [3.63, 3.8) is 0 Å². The molecule has 11 nitrogen and oxygen atoms in total. The number of urea groups is 1. The highest BCUT2D eigenvalue weighted by Crippen LogP contribution is 2.28. The van der Waals surface area contributed by atoms with Crippen molar-refractivity contribution in [1.29, 1.82) is 0 Å². The Morgan fingerprint density at radius 2 is 1.55 bits per heavy atom. The largest absolute Gasteiger partial charge is 0.481 e. The van der Waals surface area contributed by atoms with Crippen molar-refractivity contribution < 1.29 is 24.2 Å². The average Bonchev–Trinajstić information content (AvgIpc) is 3.34. The number of amides is 3. The Bertz CT molecular complexity index is 1490. The van der Waals surface area contributed by atoms with Gasteiger partial charge in [0.2, 0.25) is 5.91 Å². The number of carboxylic acids is 1. The average molecular weight is 543 g/mol. The number of aliphatic carboxylic acids is 1. The topological polar surface area (TPSA) is 147 Å². The molecule has 0 aliphatic heterocycles. The summed E-state index contributed by atoms with van der Waals surface area (Å²) >= 11 is 0. The van der Waals surface area contributed by atoms with Gasteiger partial charge in [0.25, 0.3) is 0 Å². The van der Waals surface area contributed by atoms with E-state index in [-0.39, 0.29) is 18.3 Å². The van der Waals surface area contributed by atoms with Crippen LogP contribution in [0.3, 0.4) is 0 Å². The van der Waals surface area contributed by atoms with Crippen molar-refractivity contribution in [1.82, 2.24) is 14.8 Å². The molecule has 206 valence electrons. The van der Waals surface area contributed by atoms with E-state index in [0.29, 0.717) is 34.4 Å². The van der Waals surface area contributed by atoms with Crippen LogP contribution in [0, 0.1) is 0 Å². The van der Waals surface area contributed by atoms with Crippen LogP contribution >= 0.6 is 0 Å². The molecule has 0 saturated carbocycles. The second-order valence-electron chi connectivity index (χ2n) is 9.96. The van der Waals surface area contributed by atoms with Gasteiger partial charge in [-0.05, 0) is 54.6 Å². The first-order valence-electron chi connectivity index (χ1n) is 12.6. The van der Waals surface area contributed by atoms with Gasteiger partial charge in [0.05, 0.1) is 17.8 Å². The summed E-state index contributed by atoms with van der Waals surface area (Å²) in [5, 5.41) is 21.9. The summed E-state index contributed by atoms with van der Waals surface area (Å²) in [5.41, 5.74) is 2.08. The lowest BCUT2D eigenvalue weighted by Gasteiger charge is -2.14. The number of aromatic nitrogens is 3. The minimum absolute atomic E-state index is 0.140. The van der Waals surface area contributed by atoms with E-state index in [0.717, 1.165) is 5.69 Å². The maximum Gasteiger partial charge on any atom is 0.324 e. The second-order valence-corrected chi connectivity index (χ2v) is 9.96. The molecule has 0 aliphatic rings. The molecule has 0 saturated heterocycles. The van der Waals surface area contributed by atoms with Crippen molar-refractivity contribution in [3.8, 4) is 17.2 Å². The lowest BCUT2D eigenvalue weighted by Crippen LogP contribution is -2.21. The van der Waals surface area contributed by atoms with Crippen LogP contribution in [0.2, 0.25) is 0 Å². The van der Waals surface area contributed by atoms with Crippen LogP contribution < -0.4 is 20.7 Å². The molecule has 3 amide bonds. The standard InChI is InChI=1S/C29H30N6O5/c1-29(2,3)24-18-25(35(34-24)21-6-4-5-20(17-21)31-26(36)11-12-27(37)38)33-28(39)32-19-7-9-22(10-8-19)40-23-13-15-30-16-14-23/h4-10,13-18H,11-12H2,1-3H3,(H,31,36)(H,37,38)(H2,32,33,39). The molecular formula is C29H30N6O5. The molecule has 0 atom stereocenters. The number of carboxylic acid groups (broad SMARTS) is 1. The first kappa shape index (κ1) is 27.8. The number of ether oxygens (including phenoxy) is 1. The van der Waals surface area contributed by atoms with Gasteiger partial charge in [-0.1, -0.05) is 26.8 Å². The van der Waals surface area contributed by atoms with Crippen molar-refractivity contribution in [2.24, 2.45) is 0 Å². The van der Waals surface area contributed by atoms with E-state index in [1.54, 1.807) is 83.8 Å². The summed E-state index contributed by atoms with van der Waals surface area (Å²) in [6.45, 7) is 6.04. The molecule has 11 heteroatoms. The van der Waals surface area contributed by atoms with Gasteiger partial charge >= 0.3 is 12.0 Å². The molecule has 0 aliphatic carbocycles. The van der Waals surface area contributed by atoms with Crippen molar-refractivity contribution in [2.75, 3.05) is 16.0 Å². The van der Waals surface area contributed by atoms with E-state index < -0.39 is 17.9 Å². The normalized spacial score (nSPS) is 11.0. The number of hydrogen-bond acceptors (Lipinski definition) is 6. The number of anilines is 3. The predicted octanol–water partition coefficient (Wildman–Crippen LogP) is 5.80. The zero-order chi connectivity index (χ0) is 28.7. The van der Waals surface area contributed by atoms with Gasteiger partial charge in [0, 0.05) is 41.7 Å². The summed E-state index contributed by atoms with van der Waals surface area (Å²) in [7, 11) is 0. The predicted molar refractivity (Wildman–Crippen MR) is 151 cm³/mol. The monoisotopic (exact) mass is 542 g/mol. The molecule has 0 unspecified atom stereocenters. The van der Waals surface area contributed by atoms with Crippen LogP contribution in [0.25, 0.3) is 5.69 Å². The fraction of sp³-hybridized carbons (Fsp3) is 0.207. The molecule has 2 heterocycles. The van der Waals surface area contributed by atoms with Crippen LogP contribution in [0.1, 0.15) is 39.3 Å². The molecular weight excluding hydrogens is 512 g/mol. The van der Waals surface area contributed by atoms with Gasteiger partial charge in [-0.2, -0.15) is 5.10 Å². The van der Waals surface area contributed by atoms with Crippen LogP contribution in [0.15, 0.2) is 79.1 Å². The number of pyridine rings is 1. The van der Waals surface area contributed by atoms with E-state index in [4.69, 9.17) is 14.9 Å². The van der Waals surface area contributed by atoms with E-state index in [9.17, 15) is 14.4 Å². The highest BCUT2D eigenvalue weighted by Gasteiger charge is 2.22. The number of nitrogens with one attached hydrogen (secondary N) is 3. The molecule has 4 N–H and O–H groups in total. The van der Waals surface area contributed by atoms with Gasteiger partial charge in [-0.3, -0.25) is 19.9 Å². The van der Waals surface area contributed by atoms with Gasteiger partial charge in [0.1, 0.15) is 17.3 Å². The molecule has 2 aromatic heterocycles. The van der Waals surface area contributed by atoms with Gasteiger partial charge in [-0.15, -0.1) is 0 Å². The molecule has 0 bridgehead atoms. The number of benzene rings is 2. The van der Waals surface area contributed by atoms with E-state index in [1.165, 1.54) is 0 Å². The number of carbonyl (C=O) groups is 3. The van der Waals surface area contributed by atoms with Gasteiger partial charge < -0.3 is 20.5 Å². The zero-order valence-corrected chi connectivity index (χ0v) is 22.3. The Morgan fingerprint density at radius 1 is 0.850 bits per heavy atom. The fourth-order valence-electron chi connectivity index (χ4n) is 3.62. The third-order valence-electron chi connectivity index (χ3n) is 5.66. The van der Waals surface area contributed by atoms with Crippen LogP contribution in [-0.2, 0) is 15.0 Å². The van der Waals surface area contributed by atoms with Crippen LogP contribution in [0.4, 0.5) is 22.0 Å². The summed E-state index contributed by atoms with van der Waals surface area (Å²) < 4.78 is 7.34. The first-order valence-corrected chi connectivity index (χ1v) is 12.6. The second kappa shape index (κ2) is 12.1. The Balaban J connectivity index is 1.49. The molecule has 0 spiro atoms. The fourth-order valence-corrected chi connectivity index (χ4v) is 3.62. The van der Waals surface area contributed by atoms with Crippen LogP contribution in [0.5, 0.6) is 11.5 Å². The molecule has 0 fully saturated rings. The Labute approximate surface area is 231 Å². The molecule has 4 rings (SSSR count). The lowest BCUT2D eigenvalue weighted by atomic mass is 9.92. The number of nitrogens with zero attached hydrogens (tertiary/aromatic N) is 3. The minimum atomic E-state index is -1.04. The zero-order valence-electron chi connectivity index (χ0n) is 22.3. The third-order valence-corrected chi connectivity index (χ3v) is 5.66. The first-order chi connectivity index (χ1) is 19.1. The Hall–Kier alpha value is -5.19. The summed E-state index contributed by atoms with van der Waals surface area (Å²) in [6, 6.07) is 18.7. The Kier molecular flexibility index (Phi) is 8.43. The van der Waals surface area contributed by atoms with Crippen molar-refractivity contribution >= 4 is 35.1 Å². The highest BCUT2D eigenvalue weighted by atomic mass is 16.5. The lowest BCUT2D eigenvalue weighted by molar-refractivity contribution is -0.138. The molecule has 4 aromatic rings. The minimum Gasteiger partial charge on any atom is -0.481 e. The van der Waals surface area contributed by atoms with E-state index in [1.807, 2.05) is 20.8 Å². The van der Waals surface area contributed by atoms with Crippen molar-refractivity contribution in [2.45, 2.75) is 39.0 Å². The molecule has 40 heavy (non-hydrogen) atoms. The number of rotatable bonds is 9. The number of carbonyl (C=O) groups excluding carboxylic acids is 2. The summed E-state index contributed by atoms with van der Waals surface area (Å²) in [5.74, 6) is 0.235. The van der Waals surface area contributed by atoms with Crippen LogP contribution in [-0.4, -0.2) is 37.8 Å².